The van der Waals surface area contributed by atoms with Gasteiger partial charge < -0.3 is 10.2 Å². The van der Waals surface area contributed by atoms with E-state index in [-0.39, 0.29) is 18.0 Å². The highest BCUT2D eigenvalue weighted by atomic mass is 32.2. The molecule has 1 aromatic heterocycles. The van der Waals surface area contributed by atoms with E-state index in [0.717, 1.165) is 0 Å². The monoisotopic (exact) mass is 255 g/mol. The highest BCUT2D eigenvalue weighted by Gasteiger charge is 2.14. The summed E-state index contributed by atoms with van der Waals surface area (Å²) in [5.74, 6) is 0.504. The summed E-state index contributed by atoms with van der Waals surface area (Å²) in [5.41, 5.74) is 6.35. The van der Waals surface area contributed by atoms with Crippen LogP contribution in [0.5, 0.6) is 0 Å². The van der Waals surface area contributed by atoms with Crippen molar-refractivity contribution in [2.24, 2.45) is 5.73 Å². The summed E-state index contributed by atoms with van der Waals surface area (Å²) < 4.78 is 31.3. The Morgan fingerprint density at radius 3 is 2.94 bits per heavy atom. The molecule has 0 aliphatic heterocycles. The average molecular weight is 255 g/mol. The van der Waals surface area contributed by atoms with Crippen molar-refractivity contribution in [1.29, 1.82) is 0 Å². The van der Waals surface area contributed by atoms with E-state index in [1.54, 1.807) is 13.0 Å². The standard InChI is InChI=1S/C10H13N3O3S/c1-7-13-9-6-8(2-3-10(9)16-7)17(14,15)12-5-4-11/h2-3,6,12H,4-5,11H2,1H3. The van der Waals surface area contributed by atoms with E-state index in [2.05, 4.69) is 9.71 Å². The number of rotatable bonds is 4. The second kappa shape index (κ2) is 4.44. The fourth-order valence-corrected chi connectivity index (χ4v) is 2.53. The fraction of sp³-hybridized carbons (Fsp3) is 0.300. The highest BCUT2D eigenvalue weighted by Crippen LogP contribution is 2.19. The molecule has 0 radical (unpaired) electrons. The molecule has 1 aromatic carbocycles. The van der Waals surface area contributed by atoms with Gasteiger partial charge in [-0.2, -0.15) is 0 Å². The first-order chi connectivity index (χ1) is 8.03. The van der Waals surface area contributed by atoms with Crippen LogP contribution >= 0.6 is 0 Å². The van der Waals surface area contributed by atoms with E-state index in [1.165, 1.54) is 12.1 Å². The SMILES string of the molecule is Cc1nc2cc(S(=O)(=O)NCCN)ccc2o1. The number of nitrogens with zero attached hydrogens (tertiary/aromatic N) is 1. The molecule has 0 saturated heterocycles. The normalized spacial score (nSPS) is 12.1. The predicted molar refractivity (Wildman–Crippen MR) is 63.0 cm³/mol. The van der Waals surface area contributed by atoms with Gasteiger partial charge in [-0.05, 0) is 18.2 Å². The quantitative estimate of drug-likeness (QED) is 0.822. The van der Waals surface area contributed by atoms with E-state index >= 15 is 0 Å². The lowest BCUT2D eigenvalue weighted by Gasteiger charge is -2.04. The molecule has 0 bridgehead atoms. The molecule has 7 heteroatoms. The Labute approximate surface area is 98.9 Å². The van der Waals surface area contributed by atoms with Crippen LogP contribution in [0.15, 0.2) is 27.5 Å². The summed E-state index contributed by atoms with van der Waals surface area (Å²) in [6, 6.07) is 4.54. The van der Waals surface area contributed by atoms with Gasteiger partial charge in [0.15, 0.2) is 11.5 Å². The van der Waals surface area contributed by atoms with Crippen molar-refractivity contribution in [3.8, 4) is 0 Å². The van der Waals surface area contributed by atoms with Crippen LogP contribution in [0.25, 0.3) is 11.1 Å². The van der Waals surface area contributed by atoms with Gasteiger partial charge in [-0.3, -0.25) is 0 Å². The maximum atomic E-state index is 11.8. The zero-order chi connectivity index (χ0) is 12.5. The lowest BCUT2D eigenvalue weighted by atomic mass is 10.3. The largest absolute Gasteiger partial charge is 0.441 e. The van der Waals surface area contributed by atoms with Crippen molar-refractivity contribution < 1.29 is 12.8 Å². The Bertz CT molecular complexity index is 633. The molecule has 0 amide bonds. The van der Waals surface area contributed by atoms with E-state index in [1.807, 2.05) is 0 Å². The molecule has 3 N–H and O–H groups in total. The number of oxazole rings is 1. The Morgan fingerprint density at radius 1 is 1.47 bits per heavy atom. The van der Waals surface area contributed by atoms with Gasteiger partial charge >= 0.3 is 0 Å². The van der Waals surface area contributed by atoms with E-state index in [0.29, 0.717) is 17.0 Å². The van der Waals surface area contributed by atoms with Gasteiger partial charge in [0, 0.05) is 20.0 Å². The number of hydrogen-bond acceptors (Lipinski definition) is 5. The number of benzene rings is 1. The van der Waals surface area contributed by atoms with Gasteiger partial charge in [0.25, 0.3) is 0 Å². The molecular weight excluding hydrogens is 242 g/mol. The molecule has 92 valence electrons. The second-order valence-electron chi connectivity index (χ2n) is 3.55. The first-order valence-corrected chi connectivity index (χ1v) is 6.58. The lowest BCUT2D eigenvalue weighted by molar-refractivity contribution is 0.561. The van der Waals surface area contributed by atoms with Crippen LogP contribution < -0.4 is 10.5 Å². The molecule has 0 fully saturated rings. The van der Waals surface area contributed by atoms with Crippen LogP contribution in [-0.4, -0.2) is 26.5 Å². The third-order valence-electron chi connectivity index (χ3n) is 2.21. The maximum Gasteiger partial charge on any atom is 0.240 e. The Balaban J connectivity index is 2.42. The average Bonchev–Trinajstić information content (AvgIpc) is 2.65. The Hall–Kier alpha value is -1.44. The summed E-state index contributed by atoms with van der Waals surface area (Å²) in [6.45, 7) is 2.17. The third kappa shape index (κ3) is 2.46. The molecule has 0 aliphatic rings. The molecule has 6 nitrogen and oxygen atoms in total. The lowest BCUT2D eigenvalue weighted by Crippen LogP contribution is -2.29. The number of nitrogens with two attached hydrogens (primary N) is 1. The fourth-order valence-electron chi connectivity index (χ4n) is 1.47. The van der Waals surface area contributed by atoms with Crippen LogP contribution in [0, 0.1) is 6.92 Å². The zero-order valence-electron chi connectivity index (χ0n) is 9.30. The number of nitrogens with one attached hydrogen (secondary N) is 1. The molecule has 1 heterocycles. The van der Waals surface area contributed by atoms with Crippen molar-refractivity contribution in [2.45, 2.75) is 11.8 Å². The molecule has 0 spiro atoms. The van der Waals surface area contributed by atoms with E-state index < -0.39 is 10.0 Å². The molecule has 17 heavy (non-hydrogen) atoms. The number of fused-ring (bicyclic) bond motifs is 1. The molecular formula is C10H13N3O3S. The second-order valence-corrected chi connectivity index (χ2v) is 5.32. The molecule has 0 unspecified atom stereocenters. The van der Waals surface area contributed by atoms with E-state index in [4.69, 9.17) is 10.2 Å². The van der Waals surface area contributed by atoms with E-state index in [9.17, 15) is 8.42 Å². The topological polar surface area (TPSA) is 98.2 Å². The summed E-state index contributed by atoms with van der Waals surface area (Å²) in [7, 11) is -3.52. The van der Waals surface area contributed by atoms with Gasteiger partial charge in [0.2, 0.25) is 10.0 Å². The highest BCUT2D eigenvalue weighted by molar-refractivity contribution is 7.89. The minimum Gasteiger partial charge on any atom is -0.441 e. The Morgan fingerprint density at radius 2 is 2.24 bits per heavy atom. The summed E-state index contributed by atoms with van der Waals surface area (Å²) in [4.78, 5) is 4.24. The molecule has 0 saturated carbocycles. The Kier molecular flexibility index (Phi) is 3.14. The van der Waals surface area contributed by atoms with Crippen molar-refractivity contribution in [2.75, 3.05) is 13.1 Å². The van der Waals surface area contributed by atoms with Gasteiger partial charge in [-0.15, -0.1) is 0 Å². The first-order valence-electron chi connectivity index (χ1n) is 5.10. The maximum absolute atomic E-state index is 11.8. The van der Waals surface area contributed by atoms with Gasteiger partial charge in [0.1, 0.15) is 5.52 Å². The molecule has 0 atom stereocenters. The van der Waals surface area contributed by atoms with Crippen LogP contribution in [0.1, 0.15) is 5.89 Å². The summed E-state index contributed by atoms with van der Waals surface area (Å²) in [5, 5.41) is 0. The van der Waals surface area contributed by atoms with Crippen molar-refractivity contribution in [1.82, 2.24) is 9.71 Å². The number of aryl methyl sites for hydroxylation is 1. The number of hydrogen-bond donors (Lipinski definition) is 2. The number of sulfonamides is 1. The smallest absolute Gasteiger partial charge is 0.240 e. The molecule has 2 rings (SSSR count). The van der Waals surface area contributed by atoms with Gasteiger partial charge in [-0.25, -0.2) is 18.1 Å². The van der Waals surface area contributed by atoms with Crippen LogP contribution in [0.2, 0.25) is 0 Å². The zero-order valence-corrected chi connectivity index (χ0v) is 10.1. The minimum atomic E-state index is -3.52. The molecule has 2 aromatic rings. The van der Waals surface area contributed by atoms with Gasteiger partial charge in [-0.1, -0.05) is 0 Å². The first kappa shape index (κ1) is 12.0. The summed E-state index contributed by atoms with van der Waals surface area (Å²) in [6.07, 6.45) is 0. The predicted octanol–water partition coefficient (Wildman–Crippen LogP) is 0.373. The third-order valence-corrected chi connectivity index (χ3v) is 3.67. The van der Waals surface area contributed by atoms with Crippen LogP contribution in [-0.2, 0) is 10.0 Å². The van der Waals surface area contributed by atoms with Crippen LogP contribution in [0.4, 0.5) is 0 Å². The van der Waals surface area contributed by atoms with Crippen molar-refractivity contribution in [3.05, 3.63) is 24.1 Å². The van der Waals surface area contributed by atoms with Gasteiger partial charge in [0.05, 0.1) is 4.90 Å². The minimum absolute atomic E-state index is 0.159. The van der Waals surface area contributed by atoms with Crippen LogP contribution in [0.3, 0.4) is 0 Å². The number of aromatic nitrogens is 1. The van der Waals surface area contributed by atoms with Crippen molar-refractivity contribution in [3.63, 3.8) is 0 Å². The summed E-state index contributed by atoms with van der Waals surface area (Å²) >= 11 is 0. The molecule has 0 aliphatic carbocycles. The van der Waals surface area contributed by atoms with Crippen molar-refractivity contribution >= 4 is 21.1 Å².